The molecule has 4 N–H and O–H groups in total. The van der Waals surface area contributed by atoms with E-state index in [1.165, 1.54) is 13.1 Å². The number of anilines is 2. The first-order valence-corrected chi connectivity index (χ1v) is 8.02. The molecule has 1 atom stereocenters. The summed E-state index contributed by atoms with van der Waals surface area (Å²) in [6.45, 7) is 4.22. The molecule has 0 aliphatic heterocycles. The van der Waals surface area contributed by atoms with Crippen molar-refractivity contribution in [2.75, 3.05) is 18.1 Å². The second-order valence-electron chi connectivity index (χ2n) is 4.49. The van der Waals surface area contributed by atoms with Gasteiger partial charge in [-0.2, -0.15) is 0 Å². The second-order valence-corrected chi connectivity index (χ2v) is 6.38. The molecule has 0 saturated carbocycles. The maximum absolute atomic E-state index is 11.8. The molecule has 0 bridgehead atoms. The van der Waals surface area contributed by atoms with Crippen LogP contribution in [0.25, 0.3) is 0 Å². The highest BCUT2D eigenvalue weighted by atomic mass is 32.2. The average Bonchev–Trinajstić information content (AvgIpc) is 2.40. The van der Waals surface area contributed by atoms with Crippen molar-refractivity contribution in [3.05, 3.63) is 18.2 Å². The minimum absolute atomic E-state index is 0.220. The number of nitrogens with two attached hydrogens (primary N) is 1. The van der Waals surface area contributed by atoms with Crippen LogP contribution in [0.15, 0.2) is 23.1 Å². The zero-order chi connectivity index (χ0) is 14.5. The van der Waals surface area contributed by atoms with E-state index >= 15 is 0 Å². The van der Waals surface area contributed by atoms with E-state index in [4.69, 9.17) is 5.73 Å². The average molecular weight is 285 g/mol. The molecule has 108 valence electrons. The monoisotopic (exact) mass is 285 g/mol. The van der Waals surface area contributed by atoms with E-state index in [-0.39, 0.29) is 4.90 Å². The fourth-order valence-corrected chi connectivity index (χ4v) is 2.65. The van der Waals surface area contributed by atoms with Gasteiger partial charge in [0.15, 0.2) is 0 Å². The van der Waals surface area contributed by atoms with Crippen molar-refractivity contribution in [3.63, 3.8) is 0 Å². The molecule has 5 nitrogen and oxygen atoms in total. The van der Waals surface area contributed by atoms with Gasteiger partial charge in [-0.3, -0.25) is 0 Å². The molecule has 0 aromatic heterocycles. The lowest BCUT2D eigenvalue weighted by molar-refractivity contribution is 0.588. The van der Waals surface area contributed by atoms with Crippen LogP contribution in [0.1, 0.15) is 33.1 Å². The zero-order valence-electron chi connectivity index (χ0n) is 11.7. The highest BCUT2D eigenvalue weighted by molar-refractivity contribution is 7.89. The Morgan fingerprint density at radius 3 is 2.53 bits per heavy atom. The quantitative estimate of drug-likeness (QED) is 0.670. The van der Waals surface area contributed by atoms with Crippen LogP contribution in [-0.4, -0.2) is 21.5 Å². The first kappa shape index (κ1) is 15.8. The van der Waals surface area contributed by atoms with Gasteiger partial charge < -0.3 is 11.1 Å². The number of nitrogens with one attached hydrogen (secondary N) is 2. The lowest BCUT2D eigenvalue weighted by Gasteiger charge is -2.19. The van der Waals surface area contributed by atoms with E-state index in [0.717, 1.165) is 19.3 Å². The summed E-state index contributed by atoms with van der Waals surface area (Å²) in [5.41, 5.74) is 7.13. The van der Waals surface area contributed by atoms with Gasteiger partial charge in [-0.05, 0) is 38.1 Å². The first-order valence-electron chi connectivity index (χ1n) is 6.54. The van der Waals surface area contributed by atoms with E-state index in [0.29, 0.717) is 17.4 Å². The number of rotatable bonds is 7. The predicted octanol–water partition coefficient (Wildman–Crippen LogP) is 2.17. The van der Waals surface area contributed by atoms with Crippen LogP contribution in [0.2, 0.25) is 0 Å². The minimum Gasteiger partial charge on any atom is -0.397 e. The second kappa shape index (κ2) is 6.77. The van der Waals surface area contributed by atoms with Gasteiger partial charge in [-0.1, -0.05) is 20.3 Å². The molecular formula is C13H23N3O2S. The van der Waals surface area contributed by atoms with Gasteiger partial charge >= 0.3 is 0 Å². The standard InChI is InChI=1S/C13H23N3O2S/c1-4-6-10(5-2)16-13-9-11(7-8-12(13)14)19(17,18)15-3/h7-10,15-16H,4-6,14H2,1-3H3. The fourth-order valence-electron chi connectivity index (χ4n) is 1.89. The molecular weight excluding hydrogens is 262 g/mol. The Kier molecular flexibility index (Phi) is 5.62. The maximum atomic E-state index is 11.8. The van der Waals surface area contributed by atoms with E-state index in [9.17, 15) is 8.42 Å². The molecule has 0 amide bonds. The lowest BCUT2D eigenvalue weighted by atomic mass is 10.1. The summed E-state index contributed by atoms with van der Waals surface area (Å²) in [5, 5.41) is 3.32. The number of sulfonamides is 1. The molecule has 1 aromatic rings. The van der Waals surface area contributed by atoms with Crippen molar-refractivity contribution in [1.29, 1.82) is 0 Å². The Morgan fingerprint density at radius 1 is 1.32 bits per heavy atom. The molecule has 0 aliphatic carbocycles. The highest BCUT2D eigenvalue weighted by Crippen LogP contribution is 2.24. The Bertz CT molecular complexity index is 515. The third-order valence-electron chi connectivity index (χ3n) is 3.09. The Balaban J connectivity index is 3.04. The van der Waals surface area contributed by atoms with Crippen LogP contribution in [0.4, 0.5) is 11.4 Å². The lowest BCUT2D eigenvalue weighted by Crippen LogP contribution is -2.21. The van der Waals surface area contributed by atoms with Gasteiger partial charge in [0.1, 0.15) is 0 Å². The molecule has 6 heteroatoms. The Morgan fingerprint density at radius 2 is 2.00 bits per heavy atom. The summed E-state index contributed by atoms with van der Waals surface area (Å²) in [4.78, 5) is 0.220. The van der Waals surface area contributed by atoms with Gasteiger partial charge in [0.2, 0.25) is 10.0 Å². The van der Waals surface area contributed by atoms with Crippen LogP contribution in [0.5, 0.6) is 0 Å². The maximum Gasteiger partial charge on any atom is 0.240 e. The molecule has 1 aromatic carbocycles. The number of benzene rings is 1. The Hall–Kier alpha value is -1.27. The highest BCUT2D eigenvalue weighted by Gasteiger charge is 2.14. The topological polar surface area (TPSA) is 84.2 Å². The van der Waals surface area contributed by atoms with E-state index in [2.05, 4.69) is 23.9 Å². The zero-order valence-corrected chi connectivity index (χ0v) is 12.5. The van der Waals surface area contributed by atoms with Crippen LogP contribution in [0, 0.1) is 0 Å². The van der Waals surface area contributed by atoms with E-state index in [1.807, 2.05) is 0 Å². The third kappa shape index (κ3) is 4.11. The van der Waals surface area contributed by atoms with Gasteiger partial charge in [-0.25, -0.2) is 13.1 Å². The van der Waals surface area contributed by atoms with Gasteiger partial charge in [0.05, 0.1) is 16.3 Å². The van der Waals surface area contributed by atoms with Crippen LogP contribution in [-0.2, 0) is 10.0 Å². The molecule has 0 spiro atoms. The molecule has 1 unspecified atom stereocenters. The van der Waals surface area contributed by atoms with Crippen molar-refractivity contribution < 1.29 is 8.42 Å². The minimum atomic E-state index is -3.44. The van der Waals surface area contributed by atoms with E-state index in [1.54, 1.807) is 12.1 Å². The predicted molar refractivity (Wildman–Crippen MR) is 79.7 cm³/mol. The molecule has 0 saturated heterocycles. The summed E-state index contributed by atoms with van der Waals surface area (Å²) >= 11 is 0. The van der Waals surface area contributed by atoms with Gasteiger partial charge in [-0.15, -0.1) is 0 Å². The molecule has 1 rings (SSSR count). The summed E-state index contributed by atoms with van der Waals surface area (Å²) in [5.74, 6) is 0. The van der Waals surface area contributed by atoms with Crippen molar-refractivity contribution in [2.45, 2.75) is 44.0 Å². The molecule has 0 aliphatic rings. The van der Waals surface area contributed by atoms with Crippen molar-refractivity contribution in [2.24, 2.45) is 0 Å². The van der Waals surface area contributed by atoms with Gasteiger partial charge in [0.25, 0.3) is 0 Å². The smallest absolute Gasteiger partial charge is 0.240 e. The Labute approximate surface area is 115 Å². The number of hydrogen-bond donors (Lipinski definition) is 3. The summed E-state index contributed by atoms with van der Waals surface area (Å²) in [6, 6.07) is 5.01. The summed E-state index contributed by atoms with van der Waals surface area (Å²) in [7, 11) is -2.04. The molecule has 0 radical (unpaired) electrons. The van der Waals surface area contributed by atoms with Crippen LogP contribution < -0.4 is 15.8 Å². The van der Waals surface area contributed by atoms with Crippen molar-refractivity contribution in [1.82, 2.24) is 4.72 Å². The molecule has 0 heterocycles. The molecule has 0 fully saturated rings. The summed E-state index contributed by atoms with van der Waals surface area (Å²) in [6.07, 6.45) is 3.06. The summed E-state index contributed by atoms with van der Waals surface area (Å²) < 4.78 is 25.8. The SMILES string of the molecule is CCCC(CC)Nc1cc(S(=O)(=O)NC)ccc1N. The van der Waals surface area contributed by atoms with Gasteiger partial charge in [0, 0.05) is 6.04 Å². The van der Waals surface area contributed by atoms with E-state index < -0.39 is 10.0 Å². The first-order chi connectivity index (χ1) is 8.94. The largest absolute Gasteiger partial charge is 0.397 e. The fraction of sp³-hybridized carbons (Fsp3) is 0.538. The van der Waals surface area contributed by atoms with Crippen LogP contribution in [0.3, 0.4) is 0 Å². The van der Waals surface area contributed by atoms with Crippen molar-refractivity contribution >= 4 is 21.4 Å². The normalized spacial score (nSPS) is 13.2. The van der Waals surface area contributed by atoms with Crippen LogP contribution >= 0.6 is 0 Å². The number of hydrogen-bond acceptors (Lipinski definition) is 4. The third-order valence-corrected chi connectivity index (χ3v) is 4.51. The van der Waals surface area contributed by atoms with Crippen molar-refractivity contribution in [3.8, 4) is 0 Å². The molecule has 19 heavy (non-hydrogen) atoms. The number of nitrogen functional groups attached to an aromatic ring is 1.